The lowest BCUT2D eigenvalue weighted by Crippen LogP contribution is -2.52. The fourth-order valence-electron chi connectivity index (χ4n) is 6.10. The average Bonchev–Trinajstić information content (AvgIpc) is 3.16. The Morgan fingerprint density at radius 1 is 0.553 bits per heavy atom. The van der Waals surface area contributed by atoms with Crippen molar-refractivity contribution in [3.05, 3.63) is 76.9 Å². The van der Waals surface area contributed by atoms with Crippen molar-refractivity contribution in [2.75, 3.05) is 0 Å². The first-order valence-corrected chi connectivity index (χ1v) is 13.8. The van der Waals surface area contributed by atoms with E-state index in [1.807, 2.05) is 26.2 Å². The Balaban J connectivity index is 1.75. The summed E-state index contributed by atoms with van der Waals surface area (Å²) in [6.45, 7) is 18.0. The number of aryl methyl sites for hydroxylation is 2. The molecular formula is C33H35BN4. The maximum absolute atomic E-state index is 4.88. The Morgan fingerprint density at radius 2 is 1.00 bits per heavy atom. The summed E-state index contributed by atoms with van der Waals surface area (Å²) < 4.78 is 0. The van der Waals surface area contributed by atoms with Crippen LogP contribution in [0.5, 0.6) is 0 Å². The number of fused-ring (bicyclic) bond motifs is 5. The highest BCUT2D eigenvalue weighted by atomic mass is 14.8. The van der Waals surface area contributed by atoms with E-state index in [0.29, 0.717) is 17.8 Å². The van der Waals surface area contributed by atoms with Gasteiger partial charge in [0.15, 0.2) is 0 Å². The molecule has 5 heteroatoms. The Labute approximate surface area is 226 Å². The molecule has 0 saturated carbocycles. The minimum atomic E-state index is 0.106. The van der Waals surface area contributed by atoms with Crippen LogP contribution >= 0.6 is 0 Å². The molecule has 0 aliphatic carbocycles. The van der Waals surface area contributed by atoms with Gasteiger partial charge in [-0.25, -0.2) is 9.97 Å². The number of aromatic nitrogens is 4. The van der Waals surface area contributed by atoms with Gasteiger partial charge in [0, 0.05) is 12.4 Å². The van der Waals surface area contributed by atoms with E-state index in [0.717, 1.165) is 33.5 Å². The van der Waals surface area contributed by atoms with E-state index in [2.05, 4.69) is 77.9 Å². The van der Waals surface area contributed by atoms with E-state index in [9.17, 15) is 0 Å². The van der Waals surface area contributed by atoms with E-state index in [1.165, 1.54) is 44.2 Å². The molecule has 0 saturated heterocycles. The topological polar surface area (TPSA) is 51.6 Å². The standard InChI is InChI=1S/C33H35BN4/c1-17(2)22-9-23(18(3)4)33(24(10-22)19(5)6)34-27-13-31-29(35-15-20(7)37-31)11-25(27)26-12-30-32(14-28(26)34)38-21(8)16-36-30/h9-19H,1-8H3. The second kappa shape index (κ2) is 9.01. The second-order valence-electron chi connectivity index (χ2n) is 11.9. The smallest absolute Gasteiger partial charge is 0.243 e. The van der Waals surface area contributed by atoms with Crippen LogP contribution in [-0.4, -0.2) is 26.6 Å². The molecular weight excluding hydrogens is 463 g/mol. The van der Waals surface area contributed by atoms with Crippen LogP contribution in [0.3, 0.4) is 0 Å². The molecule has 0 atom stereocenters. The monoisotopic (exact) mass is 498 g/mol. The highest BCUT2D eigenvalue weighted by molar-refractivity contribution is 6.99. The van der Waals surface area contributed by atoms with E-state index in [4.69, 9.17) is 19.9 Å². The summed E-state index contributed by atoms with van der Waals surface area (Å²) in [5.41, 5.74) is 16.5. The molecule has 2 aromatic heterocycles. The highest BCUT2D eigenvalue weighted by Crippen LogP contribution is 2.32. The molecule has 3 aromatic carbocycles. The fourth-order valence-corrected chi connectivity index (χ4v) is 6.10. The van der Waals surface area contributed by atoms with Crippen LogP contribution in [0.1, 0.15) is 87.4 Å². The Hall–Kier alpha value is -3.60. The van der Waals surface area contributed by atoms with Gasteiger partial charge in [-0.2, -0.15) is 0 Å². The minimum absolute atomic E-state index is 0.106. The maximum Gasteiger partial charge on any atom is 0.243 e. The summed E-state index contributed by atoms with van der Waals surface area (Å²) in [5, 5.41) is 0. The highest BCUT2D eigenvalue weighted by Gasteiger charge is 2.38. The predicted octanol–water partition coefficient (Wildman–Crippen LogP) is 6.06. The first-order chi connectivity index (χ1) is 18.1. The van der Waals surface area contributed by atoms with Crippen LogP contribution in [0, 0.1) is 13.8 Å². The fraction of sp³-hybridized carbons (Fsp3) is 0.333. The van der Waals surface area contributed by atoms with Crippen molar-refractivity contribution in [2.24, 2.45) is 0 Å². The summed E-state index contributed by atoms with van der Waals surface area (Å²) in [5.74, 6) is 1.28. The van der Waals surface area contributed by atoms with E-state index in [-0.39, 0.29) is 6.71 Å². The molecule has 0 radical (unpaired) electrons. The van der Waals surface area contributed by atoms with Gasteiger partial charge in [-0.05, 0) is 83.7 Å². The molecule has 0 bridgehead atoms. The number of hydrogen-bond acceptors (Lipinski definition) is 4. The third-order valence-corrected chi connectivity index (χ3v) is 8.05. The van der Waals surface area contributed by atoms with Crippen molar-refractivity contribution < 1.29 is 0 Å². The summed E-state index contributed by atoms with van der Waals surface area (Å²) in [4.78, 5) is 19.2. The first kappa shape index (κ1) is 24.7. The lowest BCUT2D eigenvalue weighted by Gasteiger charge is -2.26. The SMILES string of the molecule is Cc1cnc2cc3c(cc2n1)B(c1c(C(C)C)cc(C(C)C)cc1C(C)C)c1cc2nc(C)cnc2cc1-3. The van der Waals surface area contributed by atoms with Gasteiger partial charge in [0.25, 0.3) is 0 Å². The van der Waals surface area contributed by atoms with Crippen LogP contribution in [0.4, 0.5) is 0 Å². The Bertz CT molecular complexity index is 1620. The van der Waals surface area contributed by atoms with Crippen molar-refractivity contribution in [3.8, 4) is 11.1 Å². The molecule has 0 amide bonds. The normalized spacial score (nSPS) is 12.9. The molecule has 3 heterocycles. The zero-order valence-corrected chi connectivity index (χ0v) is 23.7. The molecule has 0 spiro atoms. The quantitative estimate of drug-likeness (QED) is 0.278. The van der Waals surface area contributed by atoms with E-state index >= 15 is 0 Å². The predicted molar refractivity (Wildman–Crippen MR) is 161 cm³/mol. The number of benzene rings is 3. The molecule has 38 heavy (non-hydrogen) atoms. The van der Waals surface area contributed by atoms with Crippen molar-refractivity contribution in [2.45, 2.75) is 73.1 Å². The lowest BCUT2D eigenvalue weighted by molar-refractivity contribution is 0.812. The Kier molecular flexibility index (Phi) is 5.86. The van der Waals surface area contributed by atoms with E-state index in [1.54, 1.807) is 0 Å². The summed E-state index contributed by atoms with van der Waals surface area (Å²) in [6.07, 6.45) is 3.71. The van der Waals surface area contributed by atoms with Gasteiger partial charge >= 0.3 is 0 Å². The van der Waals surface area contributed by atoms with Crippen molar-refractivity contribution in [1.82, 2.24) is 19.9 Å². The number of nitrogens with zero attached hydrogens (tertiary/aromatic N) is 4. The van der Waals surface area contributed by atoms with Crippen LogP contribution in [0.25, 0.3) is 33.2 Å². The molecule has 5 aromatic rings. The van der Waals surface area contributed by atoms with Gasteiger partial charge in [0.05, 0.1) is 33.5 Å². The maximum atomic E-state index is 4.88. The van der Waals surface area contributed by atoms with Gasteiger partial charge in [-0.15, -0.1) is 0 Å². The van der Waals surface area contributed by atoms with E-state index < -0.39 is 0 Å². The van der Waals surface area contributed by atoms with Crippen molar-refractivity contribution in [1.29, 1.82) is 0 Å². The molecule has 0 N–H and O–H groups in total. The van der Waals surface area contributed by atoms with Gasteiger partial charge in [0.1, 0.15) is 0 Å². The second-order valence-corrected chi connectivity index (χ2v) is 11.9. The molecule has 0 fully saturated rings. The molecule has 0 unspecified atom stereocenters. The van der Waals surface area contributed by atoms with Crippen LogP contribution in [-0.2, 0) is 0 Å². The summed E-state index contributed by atoms with van der Waals surface area (Å²) in [7, 11) is 0. The van der Waals surface area contributed by atoms with Gasteiger partial charge in [-0.1, -0.05) is 70.1 Å². The molecule has 1 aliphatic heterocycles. The van der Waals surface area contributed by atoms with Gasteiger partial charge in [-0.3, -0.25) is 9.97 Å². The third kappa shape index (κ3) is 3.91. The largest absolute Gasteiger partial charge is 0.253 e. The number of rotatable bonds is 4. The van der Waals surface area contributed by atoms with Crippen molar-refractivity contribution in [3.63, 3.8) is 0 Å². The van der Waals surface area contributed by atoms with Gasteiger partial charge in [0.2, 0.25) is 6.71 Å². The number of hydrogen-bond donors (Lipinski definition) is 0. The minimum Gasteiger partial charge on any atom is -0.253 e. The average molecular weight is 498 g/mol. The lowest BCUT2D eigenvalue weighted by atomic mass is 9.36. The molecule has 1 aliphatic rings. The molecule has 4 nitrogen and oxygen atoms in total. The third-order valence-electron chi connectivity index (χ3n) is 8.05. The van der Waals surface area contributed by atoms with Crippen LogP contribution in [0.15, 0.2) is 48.8 Å². The van der Waals surface area contributed by atoms with Gasteiger partial charge < -0.3 is 0 Å². The Morgan fingerprint density at radius 3 is 1.39 bits per heavy atom. The van der Waals surface area contributed by atoms with Crippen molar-refractivity contribution >= 4 is 45.2 Å². The zero-order chi connectivity index (χ0) is 26.9. The molecule has 190 valence electrons. The first-order valence-electron chi connectivity index (χ1n) is 13.8. The molecule has 6 rings (SSSR count). The van der Waals surface area contributed by atoms with Crippen LogP contribution in [0.2, 0.25) is 0 Å². The summed E-state index contributed by atoms with van der Waals surface area (Å²) >= 11 is 0. The van der Waals surface area contributed by atoms with Crippen LogP contribution < -0.4 is 16.4 Å². The summed E-state index contributed by atoms with van der Waals surface area (Å²) in [6, 6.07) is 14.0. The zero-order valence-electron chi connectivity index (χ0n) is 23.7.